The van der Waals surface area contributed by atoms with E-state index in [-0.39, 0.29) is 23.0 Å². The molecule has 2 aromatic rings. The number of hydrogen-bond acceptors (Lipinski definition) is 3. The molecule has 1 N–H and O–H groups in total. The summed E-state index contributed by atoms with van der Waals surface area (Å²) in [6.45, 7) is 1.88. The van der Waals surface area contributed by atoms with Gasteiger partial charge in [-0.25, -0.2) is 4.79 Å². The summed E-state index contributed by atoms with van der Waals surface area (Å²) in [4.78, 5) is 23.3. The van der Waals surface area contributed by atoms with E-state index in [1.165, 1.54) is 0 Å². The summed E-state index contributed by atoms with van der Waals surface area (Å²) in [5.41, 5.74) is 1.98. The molecular formula is C14H10O4. The molecule has 18 heavy (non-hydrogen) atoms. The van der Waals surface area contributed by atoms with Gasteiger partial charge in [0.05, 0.1) is 0 Å². The Hall–Kier alpha value is -2.36. The molecular weight excluding hydrogens is 232 g/mol. The zero-order chi connectivity index (χ0) is 12.9. The first-order chi connectivity index (χ1) is 8.61. The number of aromatic carboxylic acids is 1. The maximum atomic E-state index is 12.2. The first kappa shape index (κ1) is 10.8. The van der Waals surface area contributed by atoms with Crippen LogP contribution >= 0.6 is 0 Å². The van der Waals surface area contributed by atoms with Crippen LogP contribution in [0.3, 0.4) is 0 Å². The molecule has 3 rings (SSSR count). The van der Waals surface area contributed by atoms with Crippen LogP contribution in [0, 0.1) is 0 Å². The summed E-state index contributed by atoms with van der Waals surface area (Å²) in [5.74, 6) is -1.32. The van der Waals surface area contributed by atoms with Crippen LogP contribution in [-0.2, 0) is 0 Å². The average Bonchev–Trinajstić information content (AvgIpc) is 2.81. The van der Waals surface area contributed by atoms with Crippen LogP contribution < -0.4 is 0 Å². The highest BCUT2D eigenvalue weighted by Gasteiger charge is 2.35. The predicted molar refractivity (Wildman–Crippen MR) is 63.1 cm³/mol. The molecule has 4 nitrogen and oxygen atoms in total. The van der Waals surface area contributed by atoms with Gasteiger partial charge in [-0.3, -0.25) is 4.79 Å². The number of carboxylic acid groups (broad SMARTS) is 1. The van der Waals surface area contributed by atoms with Crippen molar-refractivity contribution in [3.05, 3.63) is 58.5 Å². The molecule has 0 fully saturated rings. The average molecular weight is 242 g/mol. The lowest BCUT2D eigenvalue weighted by Gasteiger charge is -2.21. The van der Waals surface area contributed by atoms with Gasteiger partial charge in [-0.2, -0.15) is 0 Å². The fraction of sp³-hybridized carbons (Fsp3) is 0.143. The highest BCUT2D eigenvalue weighted by atomic mass is 16.4. The lowest BCUT2D eigenvalue weighted by atomic mass is 9.80. The lowest BCUT2D eigenvalue weighted by Crippen LogP contribution is -2.18. The van der Waals surface area contributed by atoms with Crippen LogP contribution in [0.5, 0.6) is 0 Å². The third kappa shape index (κ3) is 1.26. The Morgan fingerprint density at radius 1 is 1.33 bits per heavy atom. The van der Waals surface area contributed by atoms with Crippen molar-refractivity contribution in [2.75, 3.05) is 0 Å². The van der Waals surface area contributed by atoms with Gasteiger partial charge in [-0.05, 0) is 5.56 Å². The van der Waals surface area contributed by atoms with Gasteiger partial charge in [0.2, 0.25) is 5.78 Å². The molecule has 0 saturated heterocycles. The predicted octanol–water partition coefficient (Wildman–Crippen LogP) is 2.67. The van der Waals surface area contributed by atoms with E-state index < -0.39 is 5.97 Å². The Labute approximate surface area is 103 Å². The van der Waals surface area contributed by atoms with Crippen molar-refractivity contribution >= 4 is 11.8 Å². The number of carbonyl (C=O) groups is 2. The van der Waals surface area contributed by atoms with Crippen molar-refractivity contribution in [2.24, 2.45) is 0 Å². The minimum Gasteiger partial charge on any atom is -0.478 e. The molecule has 0 saturated carbocycles. The van der Waals surface area contributed by atoms with Crippen molar-refractivity contribution in [1.82, 2.24) is 0 Å². The van der Waals surface area contributed by atoms with Crippen LogP contribution in [0.1, 0.15) is 50.4 Å². The van der Waals surface area contributed by atoms with E-state index in [0.29, 0.717) is 11.1 Å². The van der Waals surface area contributed by atoms with Crippen LogP contribution in [-0.4, -0.2) is 16.9 Å². The van der Waals surface area contributed by atoms with Gasteiger partial charge in [0, 0.05) is 17.0 Å². The Balaban J connectivity index is 2.29. The summed E-state index contributed by atoms with van der Waals surface area (Å²) in [6.07, 6.45) is 1.15. The van der Waals surface area contributed by atoms with Crippen LogP contribution in [0.15, 0.2) is 34.9 Å². The molecule has 90 valence electrons. The fourth-order valence-electron chi connectivity index (χ4n) is 2.50. The molecule has 0 aliphatic heterocycles. The number of carbonyl (C=O) groups excluding carboxylic acids is 1. The Kier molecular flexibility index (Phi) is 2.13. The van der Waals surface area contributed by atoms with Gasteiger partial charge >= 0.3 is 5.97 Å². The molecule has 1 aromatic heterocycles. The highest BCUT2D eigenvalue weighted by Crippen LogP contribution is 2.38. The molecule has 0 spiro atoms. The van der Waals surface area contributed by atoms with Gasteiger partial charge in [0.1, 0.15) is 11.8 Å². The summed E-state index contributed by atoms with van der Waals surface area (Å²) in [5, 5.41) is 9.11. The van der Waals surface area contributed by atoms with Gasteiger partial charge in [0.15, 0.2) is 5.76 Å². The highest BCUT2D eigenvalue weighted by molar-refractivity contribution is 6.12. The number of rotatable bonds is 1. The molecule has 1 heterocycles. The molecule has 1 aliphatic carbocycles. The second kappa shape index (κ2) is 3.57. The van der Waals surface area contributed by atoms with E-state index >= 15 is 0 Å². The topological polar surface area (TPSA) is 67.5 Å². The van der Waals surface area contributed by atoms with E-state index in [9.17, 15) is 9.59 Å². The second-order valence-corrected chi connectivity index (χ2v) is 4.34. The van der Waals surface area contributed by atoms with Crippen LogP contribution in [0.4, 0.5) is 0 Å². The van der Waals surface area contributed by atoms with E-state index in [0.717, 1.165) is 11.8 Å². The first-order valence-corrected chi connectivity index (χ1v) is 5.59. The summed E-state index contributed by atoms with van der Waals surface area (Å²) in [6, 6.07) is 7.21. The standard InChI is InChI=1S/C14H10O4/c1-7-8-4-2-3-5-9(8)12(15)13-11(7)10(6-18-13)14(16)17/h2-7H,1H3,(H,16,17). The number of fused-ring (bicyclic) bond motifs is 2. The summed E-state index contributed by atoms with van der Waals surface area (Å²) >= 11 is 0. The van der Waals surface area contributed by atoms with Gasteiger partial charge in [0.25, 0.3) is 0 Å². The SMILES string of the molecule is CC1c2ccccc2C(=O)c2occ(C(=O)O)c21. The third-order valence-electron chi connectivity index (χ3n) is 3.37. The smallest absolute Gasteiger partial charge is 0.339 e. The van der Waals surface area contributed by atoms with Crippen molar-refractivity contribution in [1.29, 1.82) is 0 Å². The maximum absolute atomic E-state index is 12.2. The minimum absolute atomic E-state index is 0.0698. The first-order valence-electron chi connectivity index (χ1n) is 5.59. The number of ketones is 1. The van der Waals surface area contributed by atoms with E-state index in [4.69, 9.17) is 9.52 Å². The quantitative estimate of drug-likeness (QED) is 0.834. The zero-order valence-electron chi connectivity index (χ0n) is 9.64. The number of furan rings is 1. The molecule has 1 aromatic carbocycles. The van der Waals surface area contributed by atoms with Crippen LogP contribution in [0.2, 0.25) is 0 Å². The zero-order valence-corrected chi connectivity index (χ0v) is 9.64. The lowest BCUT2D eigenvalue weighted by molar-refractivity contribution is 0.0694. The third-order valence-corrected chi connectivity index (χ3v) is 3.37. The summed E-state index contributed by atoms with van der Waals surface area (Å²) in [7, 11) is 0. The normalized spacial score (nSPS) is 17.2. The molecule has 4 heteroatoms. The van der Waals surface area contributed by atoms with Crippen molar-refractivity contribution < 1.29 is 19.1 Å². The van der Waals surface area contributed by atoms with Crippen molar-refractivity contribution in [3.63, 3.8) is 0 Å². The van der Waals surface area contributed by atoms with Gasteiger partial charge in [-0.1, -0.05) is 31.2 Å². The molecule has 1 unspecified atom stereocenters. The molecule has 0 bridgehead atoms. The van der Waals surface area contributed by atoms with Crippen LogP contribution in [0.25, 0.3) is 0 Å². The maximum Gasteiger partial charge on any atom is 0.339 e. The van der Waals surface area contributed by atoms with Crippen molar-refractivity contribution in [2.45, 2.75) is 12.8 Å². The van der Waals surface area contributed by atoms with E-state index in [1.807, 2.05) is 19.1 Å². The minimum atomic E-state index is -1.07. The molecule has 1 atom stereocenters. The fourth-order valence-corrected chi connectivity index (χ4v) is 2.50. The second-order valence-electron chi connectivity index (χ2n) is 4.34. The van der Waals surface area contributed by atoms with Gasteiger partial charge < -0.3 is 9.52 Å². The Morgan fingerprint density at radius 3 is 2.78 bits per heavy atom. The molecule has 0 radical (unpaired) electrons. The van der Waals surface area contributed by atoms with Gasteiger partial charge in [-0.15, -0.1) is 0 Å². The number of hydrogen-bond donors (Lipinski definition) is 1. The summed E-state index contributed by atoms with van der Waals surface area (Å²) < 4.78 is 5.16. The Bertz CT molecular complexity index is 666. The largest absolute Gasteiger partial charge is 0.478 e. The monoisotopic (exact) mass is 242 g/mol. The number of benzene rings is 1. The number of carboxylic acids is 1. The van der Waals surface area contributed by atoms with Crippen molar-refractivity contribution in [3.8, 4) is 0 Å². The van der Waals surface area contributed by atoms with E-state index in [2.05, 4.69) is 0 Å². The van der Waals surface area contributed by atoms with E-state index in [1.54, 1.807) is 12.1 Å². The molecule has 0 amide bonds. The Morgan fingerprint density at radius 2 is 2.06 bits per heavy atom. The molecule has 1 aliphatic rings.